The van der Waals surface area contributed by atoms with Crippen molar-refractivity contribution in [2.45, 2.75) is 0 Å². The van der Waals surface area contributed by atoms with Crippen molar-refractivity contribution in [3.8, 4) is 23.0 Å². The fourth-order valence-corrected chi connectivity index (χ4v) is 3.14. The van der Waals surface area contributed by atoms with Crippen LogP contribution in [0, 0.1) is 0 Å². The zero-order valence-corrected chi connectivity index (χ0v) is 19.4. The Kier molecular flexibility index (Phi) is 8.12. The predicted molar refractivity (Wildman–Crippen MR) is 130 cm³/mol. The molecule has 2 amide bonds. The van der Waals surface area contributed by atoms with Crippen molar-refractivity contribution >= 4 is 23.6 Å². The number of nitrogens with one attached hydrogen (secondary N) is 2. The molecule has 8 heteroatoms. The standard InChI is InChI=1S/C26H26N2O6/c1-31-19-12-10-18(11-13-19)25(29)28-21(15-17-9-14-23(33-3)24(16-17)34-4)26(30)27-20-7-5-6-8-22(20)32-2/h5-16H,1-4H3,(H,27,30)(H,28,29). The Bertz CT molecular complexity index is 1190. The molecule has 3 aromatic carbocycles. The van der Waals surface area contributed by atoms with Gasteiger partial charge in [0.15, 0.2) is 11.5 Å². The topological polar surface area (TPSA) is 95.1 Å². The molecule has 0 aliphatic carbocycles. The number of benzene rings is 3. The number of para-hydroxylation sites is 2. The molecule has 0 bridgehead atoms. The van der Waals surface area contributed by atoms with E-state index < -0.39 is 11.8 Å². The summed E-state index contributed by atoms with van der Waals surface area (Å²) in [6.45, 7) is 0. The summed E-state index contributed by atoms with van der Waals surface area (Å²) in [6.07, 6.45) is 1.55. The molecular formula is C26H26N2O6. The van der Waals surface area contributed by atoms with Crippen molar-refractivity contribution in [3.63, 3.8) is 0 Å². The maximum Gasteiger partial charge on any atom is 0.272 e. The fraction of sp³-hybridized carbons (Fsp3) is 0.154. The molecule has 3 aromatic rings. The van der Waals surface area contributed by atoms with Gasteiger partial charge < -0.3 is 29.6 Å². The molecule has 0 atom stereocenters. The molecule has 2 N–H and O–H groups in total. The number of anilines is 1. The Balaban J connectivity index is 1.95. The van der Waals surface area contributed by atoms with Crippen LogP contribution in [0.5, 0.6) is 23.0 Å². The molecule has 0 aromatic heterocycles. The summed E-state index contributed by atoms with van der Waals surface area (Å²) in [6, 6.07) is 18.7. The highest BCUT2D eigenvalue weighted by Gasteiger charge is 2.17. The highest BCUT2D eigenvalue weighted by molar-refractivity contribution is 6.11. The van der Waals surface area contributed by atoms with Crippen LogP contribution < -0.4 is 29.6 Å². The van der Waals surface area contributed by atoms with E-state index in [1.807, 2.05) is 0 Å². The van der Waals surface area contributed by atoms with Gasteiger partial charge in [-0.05, 0) is 60.2 Å². The van der Waals surface area contributed by atoms with Gasteiger partial charge in [0, 0.05) is 5.56 Å². The summed E-state index contributed by atoms with van der Waals surface area (Å²) >= 11 is 0. The molecule has 0 heterocycles. The van der Waals surface area contributed by atoms with Gasteiger partial charge in [-0.1, -0.05) is 18.2 Å². The van der Waals surface area contributed by atoms with E-state index in [0.717, 1.165) is 0 Å². The van der Waals surface area contributed by atoms with Crippen molar-refractivity contribution in [1.29, 1.82) is 0 Å². The van der Waals surface area contributed by atoms with Gasteiger partial charge >= 0.3 is 0 Å². The Morgan fingerprint density at radius 3 is 2.06 bits per heavy atom. The molecule has 3 rings (SSSR count). The van der Waals surface area contributed by atoms with Crippen LogP contribution in [0.1, 0.15) is 15.9 Å². The van der Waals surface area contributed by atoms with E-state index >= 15 is 0 Å². The number of carbonyl (C=O) groups excluding carboxylic acids is 2. The molecule has 0 unspecified atom stereocenters. The SMILES string of the molecule is COc1ccc(C(=O)NC(=Cc2ccc(OC)c(OC)c2)C(=O)Nc2ccccc2OC)cc1. The van der Waals surface area contributed by atoms with Crippen molar-refractivity contribution in [2.24, 2.45) is 0 Å². The summed E-state index contributed by atoms with van der Waals surface area (Å²) < 4.78 is 21.1. The van der Waals surface area contributed by atoms with Crippen molar-refractivity contribution < 1.29 is 28.5 Å². The molecule has 176 valence electrons. The molecular weight excluding hydrogens is 436 g/mol. The van der Waals surface area contributed by atoms with Gasteiger partial charge in [0.2, 0.25) is 0 Å². The molecule has 8 nitrogen and oxygen atoms in total. The third kappa shape index (κ3) is 5.86. The quantitative estimate of drug-likeness (QED) is 0.465. The minimum Gasteiger partial charge on any atom is -0.497 e. The zero-order valence-electron chi connectivity index (χ0n) is 19.4. The minimum atomic E-state index is -0.527. The van der Waals surface area contributed by atoms with Gasteiger partial charge in [-0.25, -0.2) is 0 Å². The molecule has 34 heavy (non-hydrogen) atoms. The number of amides is 2. The average molecular weight is 463 g/mol. The average Bonchev–Trinajstić information content (AvgIpc) is 2.88. The summed E-state index contributed by atoms with van der Waals surface area (Å²) in [5, 5.41) is 5.48. The maximum absolute atomic E-state index is 13.2. The number of hydrogen-bond donors (Lipinski definition) is 2. The van der Waals surface area contributed by atoms with Gasteiger partial charge in [0.1, 0.15) is 17.2 Å². The van der Waals surface area contributed by atoms with Crippen LogP contribution >= 0.6 is 0 Å². The second kappa shape index (κ2) is 11.4. The van der Waals surface area contributed by atoms with E-state index in [-0.39, 0.29) is 5.70 Å². The van der Waals surface area contributed by atoms with Crippen LogP contribution in [0.4, 0.5) is 5.69 Å². The lowest BCUT2D eigenvalue weighted by Gasteiger charge is -2.14. The van der Waals surface area contributed by atoms with Gasteiger partial charge in [0.25, 0.3) is 11.8 Å². The molecule has 0 aliphatic rings. The fourth-order valence-electron chi connectivity index (χ4n) is 3.14. The highest BCUT2D eigenvalue weighted by Crippen LogP contribution is 2.29. The molecule has 0 fully saturated rings. The van der Waals surface area contributed by atoms with E-state index in [2.05, 4.69) is 10.6 Å². The zero-order chi connectivity index (χ0) is 24.5. The first-order chi connectivity index (χ1) is 16.5. The first-order valence-corrected chi connectivity index (χ1v) is 10.3. The number of hydrogen-bond acceptors (Lipinski definition) is 6. The Labute approximate surface area is 198 Å². The van der Waals surface area contributed by atoms with E-state index in [4.69, 9.17) is 18.9 Å². The molecule has 0 radical (unpaired) electrons. The van der Waals surface area contributed by atoms with Crippen LogP contribution in [0.2, 0.25) is 0 Å². The van der Waals surface area contributed by atoms with Gasteiger partial charge in [-0.2, -0.15) is 0 Å². The Hall–Kier alpha value is -4.46. The van der Waals surface area contributed by atoms with Gasteiger partial charge in [-0.15, -0.1) is 0 Å². The number of methoxy groups -OCH3 is 4. The van der Waals surface area contributed by atoms with Gasteiger partial charge in [-0.3, -0.25) is 9.59 Å². The van der Waals surface area contributed by atoms with E-state index in [1.54, 1.807) is 79.9 Å². The van der Waals surface area contributed by atoms with Crippen LogP contribution in [-0.2, 0) is 4.79 Å². The third-order valence-corrected chi connectivity index (χ3v) is 4.92. The Morgan fingerprint density at radius 1 is 0.735 bits per heavy atom. The van der Waals surface area contributed by atoms with Crippen LogP contribution in [0.15, 0.2) is 72.4 Å². The smallest absolute Gasteiger partial charge is 0.272 e. The summed E-state index contributed by atoms with van der Waals surface area (Å²) in [5.41, 5.74) is 1.48. The lowest BCUT2D eigenvalue weighted by molar-refractivity contribution is -0.113. The van der Waals surface area contributed by atoms with E-state index in [0.29, 0.717) is 39.8 Å². The van der Waals surface area contributed by atoms with Crippen LogP contribution in [-0.4, -0.2) is 40.3 Å². The molecule has 0 saturated carbocycles. The van der Waals surface area contributed by atoms with Crippen molar-refractivity contribution in [1.82, 2.24) is 5.32 Å². The van der Waals surface area contributed by atoms with E-state index in [9.17, 15) is 9.59 Å². The predicted octanol–water partition coefficient (Wildman–Crippen LogP) is 4.13. The summed E-state index contributed by atoms with van der Waals surface area (Å²) in [5.74, 6) is 1.16. The third-order valence-electron chi connectivity index (χ3n) is 4.92. The second-order valence-electron chi connectivity index (χ2n) is 7.01. The highest BCUT2D eigenvalue weighted by atomic mass is 16.5. The largest absolute Gasteiger partial charge is 0.497 e. The van der Waals surface area contributed by atoms with Crippen LogP contribution in [0.25, 0.3) is 6.08 Å². The lowest BCUT2D eigenvalue weighted by Crippen LogP contribution is -2.30. The summed E-state index contributed by atoms with van der Waals surface area (Å²) in [7, 11) is 6.11. The second-order valence-corrected chi connectivity index (χ2v) is 7.01. The monoisotopic (exact) mass is 462 g/mol. The first kappa shape index (κ1) is 24.2. The molecule has 0 spiro atoms. The first-order valence-electron chi connectivity index (χ1n) is 10.3. The normalized spacial score (nSPS) is 10.8. The molecule has 0 saturated heterocycles. The van der Waals surface area contributed by atoms with Gasteiger partial charge in [0.05, 0.1) is 34.1 Å². The molecule has 0 aliphatic heterocycles. The maximum atomic E-state index is 13.2. The van der Waals surface area contributed by atoms with Crippen molar-refractivity contribution in [2.75, 3.05) is 33.8 Å². The minimum absolute atomic E-state index is 0.0268. The number of carbonyl (C=O) groups is 2. The van der Waals surface area contributed by atoms with E-state index in [1.165, 1.54) is 21.3 Å². The summed E-state index contributed by atoms with van der Waals surface area (Å²) in [4.78, 5) is 26.1. The number of rotatable bonds is 9. The number of ether oxygens (including phenoxy) is 4. The van der Waals surface area contributed by atoms with Crippen molar-refractivity contribution in [3.05, 3.63) is 83.6 Å². The Morgan fingerprint density at radius 2 is 1.41 bits per heavy atom. The lowest BCUT2D eigenvalue weighted by atomic mass is 10.1. The van der Waals surface area contributed by atoms with Crippen LogP contribution in [0.3, 0.4) is 0 Å².